The Bertz CT molecular complexity index is 849. The summed E-state index contributed by atoms with van der Waals surface area (Å²) in [5.74, 6) is 0.970. The quantitative estimate of drug-likeness (QED) is 0.635. The summed E-state index contributed by atoms with van der Waals surface area (Å²) in [5.41, 5.74) is 3.98. The number of hydrogen-bond donors (Lipinski definition) is 1. The van der Waals surface area contributed by atoms with Gasteiger partial charge in [0, 0.05) is 12.1 Å². The smallest absolute Gasteiger partial charge is 0.244 e. The summed E-state index contributed by atoms with van der Waals surface area (Å²) in [7, 11) is 0. The highest BCUT2D eigenvalue weighted by Gasteiger charge is 2.13. The molecule has 0 aliphatic carbocycles. The molecule has 0 fully saturated rings. The molecule has 0 bridgehead atoms. The van der Waals surface area contributed by atoms with Gasteiger partial charge >= 0.3 is 0 Å². The van der Waals surface area contributed by atoms with Crippen LogP contribution in [0.3, 0.4) is 0 Å². The fraction of sp³-hybridized carbons (Fsp3) is 0.333. The summed E-state index contributed by atoms with van der Waals surface area (Å²) in [6.07, 6.45) is 4.35. The number of aryl methyl sites for hydroxylation is 2. The zero-order valence-electron chi connectivity index (χ0n) is 15.0. The summed E-state index contributed by atoms with van der Waals surface area (Å²) < 4.78 is 2.05. The van der Waals surface area contributed by atoms with Gasteiger partial charge in [0.1, 0.15) is 12.4 Å². The second-order valence-corrected chi connectivity index (χ2v) is 6.47. The number of para-hydroxylation sites is 2. The van der Waals surface area contributed by atoms with Crippen LogP contribution in [0.25, 0.3) is 11.0 Å². The molecule has 130 valence electrons. The number of carbonyl (C=O) groups is 1. The zero-order valence-corrected chi connectivity index (χ0v) is 15.0. The molecule has 0 unspecified atom stereocenters. The second-order valence-electron chi connectivity index (χ2n) is 6.47. The van der Waals surface area contributed by atoms with Crippen molar-refractivity contribution in [3.8, 4) is 0 Å². The predicted octanol–water partition coefficient (Wildman–Crippen LogP) is 4.72. The molecule has 3 aromatic rings. The topological polar surface area (TPSA) is 46.9 Å². The second kappa shape index (κ2) is 7.97. The Balaban J connectivity index is 1.79. The number of imidazole rings is 1. The number of nitrogens with zero attached hydrogens (tertiary/aromatic N) is 2. The number of benzene rings is 2. The third kappa shape index (κ3) is 4.27. The molecule has 25 heavy (non-hydrogen) atoms. The van der Waals surface area contributed by atoms with Gasteiger partial charge in [0.2, 0.25) is 5.91 Å². The number of carbonyl (C=O) groups excluding carboxylic acids is 1. The third-order valence-corrected chi connectivity index (χ3v) is 4.37. The molecular formula is C21H25N3O. The van der Waals surface area contributed by atoms with E-state index in [1.54, 1.807) is 0 Å². The normalized spacial score (nSPS) is 11.0. The number of aromatic nitrogens is 2. The van der Waals surface area contributed by atoms with E-state index in [-0.39, 0.29) is 12.5 Å². The average molecular weight is 335 g/mol. The summed E-state index contributed by atoms with van der Waals surface area (Å²) in [6.45, 7) is 4.51. The molecule has 0 aliphatic heterocycles. The summed E-state index contributed by atoms with van der Waals surface area (Å²) in [6, 6.07) is 15.9. The van der Waals surface area contributed by atoms with Gasteiger partial charge in [-0.2, -0.15) is 0 Å². The lowest BCUT2D eigenvalue weighted by atomic mass is 10.2. The number of nitrogens with one attached hydrogen (secondary N) is 1. The maximum atomic E-state index is 12.5. The van der Waals surface area contributed by atoms with E-state index in [4.69, 9.17) is 4.98 Å². The molecule has 0 aliphatic rings. The first kappa shape index (κ1) is 17.2. The molecule has 1 amide bonds. The Kier molecular flexibility index (Phi) is 5.49. The van der Waals surface area contributed by atoms with Gasteiger partial charge in [0.15, 0.2) is 0 Å². The van der Waals surface area contributed by atoms with Crippen LogP contribution in [0.5, 0.6) is 0 Å². The van der Waals surface area contributed by atoms with E-state index < -0.39 is 0 Å². The molecule has 2 aromatic carbocycles. The van der Waals surface area contributed by atoms with Gasteiger partial charge in [0.25, 0.3) is 0 Å². The Labute approximate surface area is 148 Å². The van der Waals surface area contributed by atoms with Crippen LogP contribution in [0.1, 0.15) is 37.6 Å². The summed E-state index contributed by atoms with van der Waals surface area (Å²) in [4.78, 5) is 17.3. The largest absolute Gasteiger partial charge is 0.325 e. The third-order valence-electron chi connectivity index (χ3n) is 4.37. The van der Waals surface area contributed by atoms with Crippen molar-refractivity contribution in [3.63, 3.8) is 0 Å². The Morgan fingerprint density at radius 1 is 1.08 bits per heavy atom. The van der Waals surface area contributed by atoms with E-state index in [1.165, 1.54) is 18.4 Å². The lowest BCUT2D eigenvalue weighted by Crippen LogP contribution is -2.20. The van der Waals surface area contributed by atoms with E-state index in [9.17, 15) is 4.79 Å². The first-order valence-corrected chi connectivity index (χ1v) is 8.98. The molecule has 1 N–H and O–H groups in total. The van der Waals surface area contributed by atoms with E-state index in [0.717, 1.165) is 35.4 Å². The highest BCUT2D eigenvalue weighted by molar-refractivity contribution is 5.91. The van der Waals surface area contributed by atoms with Crippen LogP contribution < -0.4 is 5.32 Å². The number of unbranched alkanes of at least 4 members (excludes halogenated alkanes) is 2. The van der Waals surface area contributed by atoms with Crippen LogP contribution in [0, 0.1) is 6.92 Å². The zero-order chi connectivity index (χ0) is 17.6. The molecule has 0 spiro atoms. The lowest BCUT2D eigenvalue weighted by Gasteiger charge is -2.10. The van der Waals surface area contributed by atoms with Gasteiger partial charge in [-0.15, -0.1) is 0 Å². The SMILES string of the molecule is CCCCCc1nc2ccccc2n1CC(=O)Nc1ccc(C)cc1. The number of hydrogen-bond acceptors (Lipinski definition) is 2. The molecule has 3 rings (SSSR count). The molecule has 4 nitrogen and oxygen atoms in total. The minimum absolute atomic E-state index is 0.0243. The fourth-order valence-electron chi connectivity index (χ4n) is 3.01. The van der Waals surface area contributed by atoms with Gasteiger partial charge in [-0.1, -0.05) is 49.6 Å². The van der Waals surface area contributed by atoms with Crippen LogP contribution in [0.2, 0.25) is 0 Å². The van der Waals surface area contributed by atoms with E-state index >= 15 is 0 Å². The van der Waals surface area contributed by atoms with E-state index in [0.29, 0.717) is 0 Å². The van der Waals surface area contributed by atoms with Gasteiger partial charge in [-0.3, -0.25) is 4.79 Å². The minimum Gasteiger partial charge on any atom is -0.325 e. The van der Waals surface area contributed by atoms with Crippen molar-refractivity contribution < 1.29 is 4.79 Å². The molecular weight excluding hydrogens is 310 g/mol. The lowest BCUT2D eigenvalue weighted by molar-refractivity contribution is -0.116. The van der Waals surface area contributed by atoms with Gasteiger partial charge < -0.3 is 9.88 Å². The Morgan fingerprint density at radius 2 is 1.84 bits per heavy atom. The number of anilines is 1. The van der Waals surface area contributed by atoms with Crippen LogP contribution in [0.4, 0.5) is 5.69 Å². The molecule has 4 heteroatoms. The van der Waals surface area contributed by atoms with Gasteiger partial charge in [-0.05, 0) is 37.6 Å². The van der Waals surface area contributed by atoms with Crippen molar-refractivity contribution >= 4 is 22.6 Å². The molecule has 0 radical (unpaired) electrons. The molecule has 0 atom stereocenters. The number of fused-ring (bicyclic) bond motifs is 1. The number of amides is 1. The van der Waals surface area contributed by atoms with Crippen molar-refractivity contribution in [2.75, 3.05) is 5.32 Å². The van der Waals surface area contributed by atoms with Gasteiger partial charge in [0.05, 0.1) is 11.0 Å². The number of rotatable bonds is 7. The monoisotopic (exact) mass is 335 g/mol. The molecule has 0 saturated heterocycles. The Hall–Kier alpha value is -2.62. The van der Waals surface area contributed by atoms with Gasteiger partial charge in [-0.25, -0.2) is 4.98 Å². The standard InChI is InChI=1S/C21H25N3O/c1-3-4-5-10-20-23-18-8-6-7-9-19(18)24(20)15-21(25)22-17-13-11-16(2)12-14-17/h6-9,11-14H,3-5,10,15H2,1-2H3,(H,22,25). The molecule has 0 saturated carbocycles. The van der Waals surface area contributed by atoms with Crippen molar-refractivity contribution in [1.29, 1.82) is 0 Å². The van der Waals surface area contributed by atoms with Crippen molar-refractivity contribution in [1.82, 2.24) is 9.55 Å². The summed E-state index contributed by atoms with van der Waals surface area (Å²) >= 11 is 0. The van der Waals surface area contributed by atoms with Crippen LogP contribution in [-0.4, -0.2) is 15.5 Å². The maximum absolute atomic E-state index is 12.5. The molecule has 1 aromatic heterocycles. The Morgan fingerprint density at radius 3 is 2.60 bits per heavy atom. The fourth-order valence-corrected chi connectivity index (χ4v) is 3.01. The van der Waals surface area contributed by atoms with E-state index in [1.807, 2.05) is 55.5 Å². The maximum Gasteiger partial charge on any atom is 0.244 e. The van der Waals surface area contributed by atoms with Crippen LogP contribution >= 0.6 is 0 Å². The van der Waals surface area contributed by atoms with Crippen molar-refractivity contribution in [3.05, 3.63) is 59.9 Å². The minimum atomic E-state index is -0.0243. The highest BCUT2D eigenvalue weighted by atomic mass is 16.1. The van der Waals surface area contributed by atoms with E-state index in [2.05, 4.69) is 16.8 Å². The van der Waals surface area contributed by atoms with Crippen molar-refractivity contribution in [2.24, 2.45) is 0 Å². The average Bonchev–Trinajstić information content (AvgIpc) is 2.95. The van der Waals surface area contributed by atoms with Crippen LogP contribution in [-0.2, 0) is 17.8 Å². The first-order chi connectivity index (χ1) is 12.2. The van der Waals surface area contributed by atoms with Crippen LogP contribution in [0.15, 0.2) is 48.5 Å². The van der Waals surface area contributed by atoms with Crippen molar-refractivity contribution in [2.45, 2.75) is 46.1 Å². The first-order valence-electron chi connectivity index (χ1n) is 8.98. The molecule has 1 heterocycles. The summed E-state index contributed by atoms with van der Waals surface area (Å²) in [5, 5.41) is 2.98. The highest BCUT2D eigenvalue weighted by Crippen LogP contribution is 2.18. The predicted molar refractivity (Wildman–Crippen MR) is 103 cm³/mol.